The molecule has 0 amide bonds. The number of rotatable bonds is 8. The monoisotopic (exact) mass is 319 g/mol. The quantitative estimate of drug-likeness (QED) is 0.763. The summed E-state index contributed by atoms with van der Waals surface area (Å²) in [6, 6.07) is 2.42. The number of nitrogens with one attached hydrogen (secondary N) is 1. The molecule has 1 aromatic heterocycles. The fraction of sp³-hybridized carbons (Fsp3) is 0.692. The van der Waals surface area contributed by atoms with Crippen molar-refractivity contribution < 1.29 is 8.42 Å². The van der Waals surface area contributed by atoms with Crippen molar-refractivity contribution in [2.24, 2.45) is 5.73 Å². The minimum atomic E-state index is -3.42. The van der Waals surface area contributed by atoms with Gasteiger partial charge in [0.25, 0.3) is 0 Å². The van der Waals surface area contributed by atoms with Crippen molar-refractivity contribution >= 4 is 21.4 Å². The van der Waals surface area contributed by atoms with Crippen LogP contribution in [0.1, 0.15) is 32.6 Å². The largest absolute Gasteiger partial charge is 0.326 e. The van der Waals surface area contributed by atoms with Crippen molar-refractivity contribution in [3.8, 4) is 0 Å². The first kappa shape index (κ1) is 17.6. The first-order chi connectivity index (χ1) is 9.27. The minimum Gasteiger partial charge on any atom is -0.326 e. The van der Waals surface area contributed by atoms with E-state index in [0.29, 0.717) is 36.6 Å². The third-order valence-corrected chi connectivity index (χ3v) is 5.68. The van der Waals surface area contributed by atoms with Gasteiger partial charge in [0.05, 0.1) is 4.90 Å². The molecular weight excluding hydrogens is 294 g/mol. The maximum Gasteiger partial charge on any atom is 0.241 e. The van der Waals surface area contributed by atoms with Gasteiger partial charge in [-0.05, 0) is 33.8 Å². The molecule has 0 aliphatic rings. The topological polar surface area (TPSA) is 75.4 Å². The summed E-state index contributed by atoms with van der Waals surface area (Å²) in [4.78, 5) is 3.43. The number of thiophene rings is 1. The van der Waals surface area contributed by atoms with Crippen LogP contribution in [-0.4, -0.2) is 38.5 Å². The van der Waals surface area contributed by atoms with Crippen molar-refractivity contribution in [1.82, 2.24) is 9.62 Å². The number of hydrogen-bond acceptors (Lipinski definition) is 5. The molecule has 3 N–H and O–H groups in total. The van der Waals surface area contributed by atoms with E-state index in [0.717, 1.165) is 4.88 Å². The highest BCUT2D eigenvalue weighted by Crippen LogP contribution is 2.18. The van der Waals surface area contributed by atoms with E-state index in [4.69, 9.17) is 5.73 Å². The van der Waals surface area contributed by atoms with E-state index in [1.165, 1.54) is 11.3 Å². The number of nitrogens with zero attached hydrogens (tertiary/aromatic N) is 1. The van der Waals surface area contributed by atoms with Crippen LogP contribution in [0.5, 0.6) is 0 Å². The fourth-order valence-corrected chi connectivity index (χ4v) is 4.29. The van der Waals surface area contributed by atoms with Gasteiger partial charge in [-0.1, -0.05) is 0 Å². The summed E-state index contributed by atoms with van der Waals surface area (Å²) in [6.07, 6.45) is 0. The third kappa shape index (κ3) is 4.82. The maximum atomic E-state index is 12.1. The number of nitrogens with two attached hydrogens (primary N) is 1. The molecule has 0 aliphatic heterocycles. The zero-order valence-corrected chi connectivity index (χ0v) is 14.2. The molecule has 7 heteroatoms. The minimum absolute atomic E-state index is 0.309. The average molecular weight is 319 g/mol. The molecule has 20 heavy (non-hydrogen) atoms. The molecule has 0 atom stereocenters. The van der Waals surface area contributed by atoms with E-state index in [9.17, 15) is 8.42 Å². The van der Waals surface area contributed by atoms with Gasteiger partial charge in [0, 0.05) is 42.0 Å². The molecule has 0 bridgehead atoms. The Morgan fingerprint density at radius 2 is 1.90 bits per heavy atom. The normalized spacial score (nSPS) is 12.8. The van der Waals surface area contributed by atoms with E-state index in [2.05, 4.69) is 37.3 Å². The summed E-state index contributed by atoms with van der Waals surface area (Å²) in [7, 11) is -3.42. The molecule has 0 saturated heterocycles. The van der Waals surface area contributed by atoms with Gasteiger partial charge in [-0.2, -0.15) is 0 Å². The summed E-state index contributed by atoms with van der Waals surface area (Å²) in [5.41, 5.74) is 5.50. The molecule has 0 aliphatic carbocycles. The molecule has 0 radical (unpaired) electrons. The van der Waals surface area contributed by atoms with Gasteiger partial charge in [-0.3, -0.25) is 4.90 Å². The van der Waals surface area contributed by atoms with E-state index >= 15 is 0 Å². The average Bonchev–Trinajstić information content (AvgIpc) is 2.83. The predicted octanol–water partition coefficient (Wildman–Crippen LogP) is 1.60. The lowest BCUT2D eigenvalue weighted by atomic mass is 10.2. The molecule has 0 fully saturated rings. The highest BCUT2D eigenvalue weighted by atomic mass is 32.2. The molecule has 1 aromatic rings. The summed E-state index contributed by atoms with van der Waals surface area (Å²) in [5.74, 6) is 0. The Bertz CT molecular complexity index is 501. The van der Waals surface area contributed by atoms with Gasteiger partial charge in [0.15, 0.2) is 0 Å². The van der Waals surface area contributed by atoms with E-state index < -0.39 is 10.0 Å². The Hall–Kier alpha value is -0.470. The van der Waals surface area contributed by atoms with Gasteiger partial charge in [-0.15, -0.1) is 11.3 Å². The first-order valence-electron chi connectivity index (χ1n) is 6.80. The van der Waals surface area contributed by atoms with Gasteiger partial charge in [0.2, 0.25) is 10.0 Å². The number of hydrogen-bond donors (Lipinski definition) is 2. The van der Waals surface area contributed by atoms with Crippen molar-refractivity contribution in [3.63, 3.8) is 0 Å². The highest BCUT2D eigenvalue weighted by Gasteiger charge is 2.18. The molecule has 5 nitrogen and oxygen atoms in total. The van der Waals surface area contributed by atoms with Gasteiger partial charge < -0.3 is 5.73 Å². The summed E-state index contributed by atoms with van der Waals surface area (Å²) in [6.45, 7) is 9.92. The van der Waals surface area contributed by atoms with Crippen LogP contribution in [0.15, 0.2) is 16.3 Å². The van der Waals surface area contributed by atoms with Gasteiger partial charge in [0.1, 0.15) is 0 Å². The van der Waals surface area contributed by atoms with Crippen LogP contribution in [0.2, 0.25) is 0 Å². The maximum absolute atomic E-state index is 12.1. The van der Waals surface area contributed by atoms with Crippen LogP contribution in [-0.2, 0) is 16.6 Å². The molecule has 0 aromatic carbocycles. The van der Waals surface area contributed by atoms with E-state index in [-0.39, 0.29) is 0 Å². The van der Waals surface area contributed by atoms with Crippen LogP contribution < -0.4 is 10.5 Å². The third-order valence-electron chi connectivity index (χ3n) is 3.13. The number of sulfonamides is 1. The molecule has 1 rings (SSSR count). The van der Waals surface area contributed by atoms with Crippen LogP contribution in [0.3, 0.4) is 0 Å². The Morgan fingerprint density at radius 1 is 1.30 bits per heavy atom. The van der Waals surface area contributed by atoms with E-state index in [1.807, 2.05) is 0 Å². The van der Waals surface area contributed by atoms with Crippen LogP contribution in [0, 0.1) is 0 Å². The Kier molecular flexibility index (Phi) is 6.60. The zero-order chi connectivity index (χ0) is 15.3. The van der Waals surface area contributed by atoms with Crippen molar-refractivity contribution in [3.05, 3.63) is 16.3 Å². The summed E-state index contributed by atoms with van der Waals surface area (Å²) < 4.78 is 26.9. The molecule has 116 valence electrons. The smallest absolute Gasteiger partial charge is 0.241 e. The van der Waals surface area contributed by atoms with Crippen molar-refractivity contribution in [2.75, 3.05) is 13.1 Å². The zero-order valence-electron chi connectivity index (χ0n) is 12.6. The lowest BCUT2D eigenvalue weighted by Gasteiger charge is -2.30. The highest BCUT2D eigenvalue weighted by molar-refractivity contribution is 7.89. The SMILES string of the molecule is CC(C)N(CCNS(=O)(=O)c1csc(CN)c1)C(C)C. The first-order valence-corrected chi connectivity index (χ1v) is 9.17. The molecule has 0 spiro atoms. The second-order valence-corrected chi connectivity index (χ2v) is 8.04. The fourth-order valence-electron chi connectivity index (χ4n) is 2.11. The Labute approximate surface area is 126 Å². The van der Waals surface area contributed by atoms with Crippen molar-refractivity contribution in [2.45, 2.75) is 51.2 Å². The summed E-state index contributed by atoms with van der Waals surface area (Å²) in [5, 5.41) is 1.63. The van der Waals surface area contributed by atoms with E-state index in [1.54, 1.807) is 11.4 Å². The van der Waals surface area contributed by atoms with Crippen LogP contribution in [0.25, 0.3) is 0 Å². The lowest BCUT2D eigenvalue weighted by Crippen LogP contribution is -2.42. The second kappa shape index (κ2) is 7.51. The molecular formula is C13H25N3O2S2. The standard InChI is InChI=1S/C13H25N3O2S2/c1-10(2)16(11(3)4)6-5-15-20(17,18)13-7-12(8-14)19-9-13/h7,9-11,15H,5-6,8,14H2,1-4H3. The molecule has 0 saturated carbocycles. The molecule has 1 heterocycles. The second-order valence-electron chi connectivity index (χ2n) is 5.28. The Balaban J connectivity index is 2.60. The lowest BCUT2D eigenvalue weighted by molar-refractivity contribution is 0.179. The van der Waals surface area contributed by atoms with Gasteiger partial charge >= 0.3 is 0 Å². The molecule has 0 unspecified atom stereocenters. The van der Waals surface area contributed by atoms with Crippen LogP contribution in [0.4, 0.5) is 0 Å². The van der Waals surface area contributed by atoms with Gasteiger partial charge in [-0.25, -0.2) is 13.1 Å². The predicted molar refractivity (Wildman–Crippen MR) is 84.4 cm³/mol. The Morgan fingerprint density at radius 3 is 2.35 bits per heavy atom. The summed E-state index contributed by atoms with van der Waals surface area (Å²) >= 11 is 1.37. The van der Waals surface area contributed by atoms with Crippen LogP contribution >= 0.6 is 11.3 Å². The van der Waals surface area contributed by atoms with Crippen molar-refractivity contribution in [1.29, 1.82) is 0 Å².